The minimum atomic E-state index is -0.345. The molecule has 19 heavy (non-hydrogen) atoms. The number of carbonyl (C=O) groups is 1. The molecule has 0 bridgehead atoms. The van der Waals surface area contributed by atoms with Gasteiger partial charge >= 0.3 is 0 Å². The molecule has 0 unspecified atom stereocenters. The maximum absolute atomic E-state index is 11.7. The topological polar surface area (TPSA) is 61.7 Å². The molecule has 4 nitrogen and oxygen atoms in total. The van der Waals surface area contributed by atoms with Crippen molar-refractivity contribution in [1.82, 2.24) is 5.43 Å². The molecule has 0 radical (unpaired) electrons. The molecule has 1 heterocycles. The van der Waals surface area contributed by atoms with Gasteiger partial charge in [-0.15, -0.1) is 11.3 Å². The monoisotopic (exact) mass is 358 g/mol. The lowest BCUT2D eigenvalue weighted by molar-refractivity contribution is 0.0959. The summed E-state index contributed by atoms with van der Waals surface area (Å²) >= 11 is 10.2. The van der Waals surface area contributed by atoms with Crippen LogP contribution in [0.1, 0.15) is 15.2 Å². The highest BCUT2D eigenvalue weighted by molar-refractivity contribution is 9.10. The number of hydrogen-bond acceptors (Lipinski definition) is 4. The Morgan fingerprint density at radius 1 is 1.42 bits per heavy atom. The molecule has 1 amide bonds. The number of benzene rings is 1. The molecule has 1 aromatic heterocycles. The maximum atomic E-state index is 11.7. The Hall–Kier alpha value is -1.37. The number of phenolic OH excluding ortho intramolecular Hbond substituents is 1. The van der Waals surface area contributed by atoms with E-state index in [0.29, 0.717) is 14.8 Å². The number of halogens is 2. The van der Waals surface area contributed by atoms with Crippen molar-refractivity contribution in [2.45, 2.75) is 0 Å². The lowest BCUT2D eigenvalue weighted by atomic mass is 10.2. The summed E-state index contributed by atoms with van der Waals surface area (Å²) in [5, 5.41) is 13.4. The summed E-state index contributed by atoms with van der Waals surface area (Å²) in [6, 6.07) is 8.19. The Kier molecular flexibility index (Phi) is 4.57. The van der Waals surface area contributed by atoms with E-state index in [-0.39, 0.29) is 11.7 Å². The van der Waals surface area contributed by atoms with Crippen molar-refractivity contribution < 1.29 is 9.90 Å². The van der Waals surface area contributed by atoms with Crippen molar-refractivity contribution in [1.29, 1.82) is 0 Å². The van der Waals surface area contributed by atoms with Gasteiger partial charge in [0, 0.05) is 10.0 Å². The summed E-state index contributed by atoms with van der Waals surface area (Å²) in [7, 11) is 0. The predicted molar refractivity (Wildman–Crippen MR) is 80.2 cm³/mol. The Bertz CT molecular complexity index is 642. The molecule has 1 aromatic carbocycles. The van der Waals surface area contributed by atoms with Crippen LogP contribution in [0, 0.1) is 0 Å². The second-order valence-electron chi connectivity index (χ2n) is 3.51. The molecule has 0 atom stereocenters. The summed E-state index contributed by atoms with van der Waals surface area (Å²) in [5.41, 5.74) is 2.86. The largest absolute Gasteiger partial charge is 0.507 e. The third-order valence-corrected chi connectivity index (χ3v) is 3.88. The van der Waals surface area contributed by atoms with Gasteiger partial charge in [-0.05, 0) is 30.3 Å². The maximum Gasteiger partial charge on any atom is 0.281 e. The smallest absolute Gasteiger partial charge is 0.281 e. The van der Waals surface area contributed by atoms with Gasteiger partial charge in [0.2, 0.25) is 0 Å². The molecule has 2 aromatic rings. The van der Waals surface area contributed by atoms with Gasteiger partial charge in [0.1, 0.15) is 5.75 Å². The van der Waals surface area contributed by atoms with Crippen LogP contribution in [0.3, 0.4) is 0 Å². The van der Waals surface area contributed by atoms with E-state index < -0.39 is 0 Å². The second kappa shape index (κ2) is 6.18. The van der Waals surface area contributed by atoms with Crippen molar-refractivity contribution in [3.05, 3.63) is 49.6 Å². The summed E-state index contributed by atoms with van der Waals surface area (Å²) in [5.74, 6) is -0.261. The van der Waals surface area contributed by atoms with E-state index in [4.69, 9.17) is 11.6 Å². The van der Waals surface area contributed by atoms with Gasteiger partial charge in [-0.1, -0.05) is 27.5 Å². The van der Waals surface area contributed by atoms with Crippen molar-refractivity contribution in [2.24, 2.45) is 5.10 Å². The number of hydrazone groups is 1. The molecule has 2 rings (SSSR count). The van der Waals surface area contributed by atoms with E-state index in [9.17, 15) is 9.90 Å². The molecular weight excluding hydrogens is 352 g/mol. The molecule has 7 heteroatoms. The predicted octanol–water partition coefficient (Wildman–Crippen LogP) is 3.63. The average Bonchev–Trinajstić information content (AvgIpc) is 2.80. The summed E-state index contributed by atoms with van der Waals surface area (Å²) in [6.07, 6.45) is 1.37. The van der Waals surface area contributed by atoms with E-state index in [2.05, 4.69) is 26.5 Å². The number of rotatable bonds is 3. The van der Waals surface area contributed by atoms with Gasteiger partial charge in [-0.25, -0.2) is 5.43 Å². The molecule has 0 saturated carbocycles. The van der Waals surface area contributed by atoms with Crippen LogP contribution in [0.4, 0.5) is 0 Å². The first-order valence-corrected chi connectivity index (χ1v) is 7.12. The Labute approximate surface area is 126 Å². The number of carbonyl (C=O) groups excluding carboxylic acids is 1. The molecule has 0 aliphatic heterocycles. The van der Waals surface area contributed by atoms with Crippen LogP contribution in [-0.4, -0.2) is 17.2 Å². The SMILES string of the molecule is O=C(N/N=C\c1cc(Br)ccc1O)c1ccc(Cl)s1. The van der Waals surface area contributed by atoms with Crippen molar-refractivity contribution in [3.63, 3.8) is 0 Å². The molecule has 0 saturated heterocycles. The Balaban J connectivity index is 2.04. The van der Waals surface area contributed by atoms with Gasteiger partial charge in [-0.2, -0.15) is 5.10 Å². The number of amides is 1. The van der Waals surface area contributed by atoms with Crippen molar-refractivity contribution >= 4 is 51.0 Å². The zero-order valence-corrected chi connectivity index (χ0v) is 12.6. The molecule has 2 N–H and O–H groups in total. The second-order valence-corrected chi connectivity index (χ2v) is 6.14. The third kappa shape index (κ3) is 3.79. The molecule has 0 spiro atoms. The number of aromatic hydroxyl groups is 1. The van der Waals surface area contributed by atoms with Crippen LogP contribution < -0.4 is 5.43 Å². The van der Waals surface area contributed by atoms with Crippen LogP contribution in [0.2, 0.25) is 4.34 Å². The van der Waals surface area contributed by atoms with E-state index in [1.165, 1.54) is 23.6 Å². The molecule has 98 valence electrons. The fraction of sp³-hybridized carbons (Fsp3) is 0. The first-order chi connectivity index (χ1) is 9.06. The van der Waals surface area contributed by atoms with Crippen LogP contribution >= 0.6 is 38.9 Å². The highest BCUT2D eigenvalue weighted by atomic mass is 79.9. The zero-order chi connectivity index (χ0) is 13.8. The average molecular weight is 360 g/mol. The molecule has 0 fully saturated rings. The van der Waals surface area contributed by atoms with Gasteiger partial charge in [-0.3, -0.25) is 4.79 Å². The van der Waals surface area contributed by atoms with Crippen molar-refractivity contribution in [3.8, 4) is 5.75 Å². The Morgan fingerprint density at radius 3 is 2.89 bits per heavy atom. The van der Waals surface area contributed by atoms with E-state index >= 15 is 0 Å². The number of thiophene rings is 1. The van der Waals surface area contributed by atoms with Crippen LogP contribution in [0.15, 0.2) is 39.9 Å². The molecule has 0 aliphatic carbocycles. The highest BCUT2D eigenvalue weighted by Gasteiger charge is 2.07. The standard InChI is InChI=1S/C12H8BrClN2O2S/c13-8-1-2-9(17)7(5-8)6-15-16-12(18)10-3-4-11(14)19-10/h1-6,17H,(H,16,18)/b15-6-. The molecular formula is C12H8BrClN2O2S. The van der Waals surface area contributed by atoms with Crippen LogP contribution in [-0.2, 0) is 0 Å². The lowest BCUT2D eigenvalue weighted by Gasteiger charge is -1.99. The quantitative estimate of drug-likeness (QED) is 0.649. The highest BCUT2D eigenvalue weighted by Crippen LogP contribution is 2.21. The fourth-order valence-corrected chi connectivity index (χ4v) is 2.59. The summed E-state index contributed by atoms with van der Waals surface area (Å²) < 4.78 is 1.35. The summed E-state index contributed by atoms with van der Waals surface area (Å²) in [6.45, 7) is 0. The van der Waals surface area contributed by atoms with Crippen LogP contribution in [0.5, 0.6) is 5.75 Å². The minimum absolute atomic E-state index is 0.0837. The van der Waals surface area contributed by atoms with Gasteiger partial charge in [0.25, 0.3) is 5.91 Å². The van der Waals surface area contributed by atoms with Crippen molar-refractivity contribution in [2.75, 3.05) is 0 Å². The van der Waals surface area contributed by atoms with E-state index in [0.717, 1.165) is 4.47 Å². The van der Waals surface area contributed by atoms with Crippen LogP contribution in [0.25, 0.3) is 0 Å². The number of hydrogen-bond donors (Lipinski definition) is 2. The van der Waals surface area contributed by atoms with Gasteiger partial charge in [0.15, 0.2) is 0 Å². The fourth-order valence-electron chi connectivity index (χ4n) is 1.28. The molecule has 0 aliphatic rings. The number of nitrogens with zero attached hydrogens (tertiary/aromatic N) is 1. The number of phenols is 1. The van der Waals surface area contributed by atoms with Gasteiger partial charge < -0.3 is 5.11 Å². The first kappa shape index (κ1) is 14.0. The number of nitrogens with one attached hydrogen (secondary N) is 1. The van der Waals surface area contributed by atoms with E-state index in [1.807, 2.05) is 0 Å². The normalized spacial score (nSPS) is 10.8. The zero-order valence-electron chi connectivity index (χ0n) is 9.43. The minimum Gasteiger partial charge on any atom is -0.507 e. The lowest BCUT2D eigenvalue weighted by Crippen LogP contribution is -2.16. The van der Waals surface area contributed by atoms with Gasteiger partial charge in [0.05, 0.1) is 15.4 Å². The van der Waals surface area contributed by atoms with E-state index in [1.54, 1.807) is 24.3 Å². The first-order valence-electron chi connectivity index (χ1n) is 5.13. The Morgan fingerprint density at radius 2 is 2.21 bits per heavy atom. The summed E-state index contributed by atoms with van der Waals surface area (Å²) in [4.78, 5) is 12.1. The third-order valence-electron chi connectivity index (χ3n) is 2.16.